The third-order valence-electron chi connectivity index (χ3n) is 3.18. The molecule has 1 aliphatic heterocycles. The van der Waals surface area contributed by atoms with Crippen LogP contribution in [0.15, 0.2) is 0 Å². The van der Waals surface area contributed by atoms with Gasteiger partial charge in [0.1, 0.15) is 11.6 Å². The summed E-state index contributed by atoms with van der Waals surface area (Å²) in [5, 5.41) is 11.7. The molecule has 0 atom stereocenters. The van der Waals surface area contributed by atoms with E-state index in [-0.39, 0.29) is 0 Å². The Labute approximate surface area is 96.2 Å². The van der Waals surface area contributed by atoms with Crippen molar-refractivity contribution in [2.24, 2.45) is 7.05 Å². The molecule has 0 amide bonds. The van der Waals surface area contributed by atoms with Crippen LogP contribution in [0.2, 0.25) is 0 Å². The zero-order chi connectivity index (χ0) is 11.4. The van der Waals surface area contributed by atoms with Crippen molar-refractivity contribution >= 4 is 0 Å². The molecule has 2 heterocycles. The standard InChI is InChI=1S/C11H20N4O/c1-12-6-3-10-13-14-11(15(10)2)9-4-7-16-8-5-9/h9,12H,3-8H2,1-2H3. The molecule has 16 heavy (non-hydrogen) atoms. The average molecular weight is 224 g/mol. The minimum Gasteiger partial charge on any atom is -0.381 e. The summed E-state index contributed by atoms with van der Waals surface area (Å²) in [5.41, 5.74) is 0. The van der Waals surface area contributed by atoms with E-state index >= 15 is 0 Å². The summed E-state index contributed by atoms with van der Waals surface area (Å²) >= 11 is 0. The molecule has 1 aromatic heterocycles. The second-order valence-corrected chi connectivity index (χ2v) is 4.27. The van der Waals surface area contributed by atoms with Crippen molar-refractivity contribution < 1.29 is 4.74 Å². The Balaban J connectivity index is 2.06. The molecule has 0 unspecified atom stereocenters. The lowest BCUT2D eigenvalue weighted by molar-refractivity contribution is 0.0829. The van der Waals surface area contributed by atoms with Crippen molar-refractivity contribution in [3.8, 4) is 0 Å². The fourth-order valence-corrected chi connectivity index (χ4v) is 2.14. The summed E-state index contributed by atoms with van der Waals surface area (Å²) in [5.74, 6) is 2.71. The highest BCUT2D eigenvalue weighted by molar-refractivity contribution is 5.02. The summed E-state index contributed by atoms with van der Waals surface area (Å²) in [7, 11) is 4.02. The van der Waals surface area contributed by atoms with Crippen LogP contribution in [0, 0.1) is 0 Å². The molecule has 90 valence electrons. The maximum absolute atomic E-state index is 5.37. The third-order valence-corrected chi connectivity index (χ3v) is 3.18. The van der Waals surface area contributed by atoms with E-state index in [0.29, 0.717) is 5.92 Å². The average Bonchev–Trinajstić information content (AvgIpc) is 2.69. The lowest BCUT2D eigenvalue weighted by atomic mass is 9.99. The highest BCUT2D eigenvalue weighted by Gasteiger charge is 2.21. The Morgan fingerprint density at radius 1 is 1.38 bits per heavy atom. The van der Waals surface area contributed by atoms with Gasteiger partial charge in [0.15, 0.2) is 0 Å². The van der Waals surface area contributed by atoms with Gasteiger partial charge in [-0.15, -0.1) is 10.2 Å². The number of nitrogens with one attached hydrogen (secondary N) is 1. The Hall–Kier alpha value is -0.940. The molecule has 1 fully saturated rings. The van der Waals surface area contributed by atoms with Gasteiger partial charge in [-0.1, -0.05) is 0 Å². The van der Waals surface area contributed by atoms with E-state index in [2.05, 4.69) is 27.1 Å². The minimum atomic E-state index is 0.523. The van der Waals surface area contributed by atoms with Crippen LogP contribution >= 0.6 is 0 Å². The van der Waals surface area contributed by atoms with Crippen LogP contribution in [0.1, 0.15) is 30.4 Å². The lowest BCUT2D eigenvalue weighted by Crippen LogP contribution is -2.18. The molecular formula is C11H20N4O. The molecular weight excluding hydrogens is 204 g/mol. The first-order valence-electron chi connectivity index (χ1n) is 5.93. The molecule has 5 heteroatoms. The van der Waals surface area contributed by atoms with E-state index in [1.54, 1.807) is 0 Å². The van der Waals surface area contributed by atoms with E-state index in [1.807, 2.05) is 7.05 Å². The van der Waals surface area contributed by atoms with Crippen molar-refractivity contribution in [2.45, 2.75) is 25.2 Å². The van der Waals surface area contributed by atoms with Gasteiger partial charge in [-0.05, 0) is 19.9 Å². The van der Waals surface area contributed by atoms with Crippen molar-refractivity contribution in [2.75, 3.05) is 26.8 Å². The first-order valence-corrected chi connectivity index (χ1v) is 5.93. The second-order valence-electron chi connectivity index (χ2n) is 4.27. The maximum atomic E-state index is 5.37. The molecule has 1 aromatic rings. The van der Waals surface area contributed by atoms with Crippen molar-refractivity contribution in [3.05, 3.63) is 11.6 Å². The Kier molecular flexibility index (Phi) is 3.90. The van der Waals surface area contributed by atoms with Gasteiger partial charge in [0.05, 0.1) is 0 Å². The zero-order valence-corrected chi connectivity index (χ0v) is 10.1. The van der Waals surface area contributed by atoms with Crippen LogP contribution in [0.3, 0.4) is 0 Å². The van der Waals surface area contributed by atoms with Crippen LogP contribution in [0.5, 0.6) is 0 Å². The van der Waals surface area contributed by atoms with Gasteiger partial charge in [-0.25, -0.2) is 0 Å². The van der Waals surface area contributed by atoms with Gasteiger partial charge < -0.3 is 14.6 Å². The molecule has 0 spiro atoms. The molecule has 0 aromatic carbocycles. The van der Waals surface area contributed by atoms with Crippen molar-refractivity contribution in [1.29, 1.82) is 0 Å². The Bertz CT molecular complexity index is 331. The molecule has 5 nitrogen and oxygen atoms in total. The highest BCUT2D eigenvalue weighted by atomic mass is 16.5. The van der Waals surface area contributed by atoms with Crippen LogP contribution in [0.4, 0.5) is 0 Å². The van der Waals surface area contributed by atoms with E-state index in [0.717, 1.165) is 50.7 Å². The van der Waals surface area contributed by atoms with E-state index in [9.17, 15) is 0 Å². The van der Waals surface area contributed by atoms with E-state index in [1.165, 1.54) is 0 Å². The van der Waals surface area contributed by atoms with Gasteiger partial charge in [0, 0.05) is 39.1 Å². The quantitative estimate of drug-likeness (QED) is 0.808. The van der Waals surface area contributed by atoms with Gasteiger partial charge in [-0.2, -0.15) is 0 Å². The smallest absolute Gasteiger partial charge is 0.136 e. The fraction of sp³-hybridized carbons (Fsp3) is 0.818. The molecule has 1 saturated heterocycles. The number of rotatable bonds is 4. The van der Waals surface area contributed by atoms with Gasteiger partial charge in [0.2, 0.25) is 0 Å². The van der Waals surface area contributed by atoms with Crippen LogP contribution in [-0.2, 0) is 18.2 Å². The third kappa shape index (κ3) is 2.41. The predicted octanol–water partition coefficient (Wildman–Crippen LogP) is 0.471. The molecule has 0 bridgehead atoms. The number of hydrogen-bond donors (Lipinski definition) is 1. The largest absolute Gasteiger partial charge is 0.381 e. The summed E-state index contributed by atoms with van der Waals surface area (Å²) in [6.45, 7) is 2.65. The Morgan fingerprint density at radius 2 is 2.12 bits per heavy atom. The van der Waals surface area contributed by atoms with E-state index in [4.69, 9.17) is 4.74 Å². The molecule has 0 aliphatic carbocycles. The van der Waals surface area contributed by atoms with Crippen molar-refractivity contribution in [1.82, 2.24) is 20.1 Å². The number of aromatic nitrogens is 3. The van der Waals surface area contributed by atoms with Gasteiger partial charge >= 0.3 is 0 Å². The fourth-order valence-electron chi connectivity index (χ4n) is 2.14. The maximum Gasteiger partial charge on any atom is 0.136 e. The molecule has 1 aliphatic rings. The first kappa shape index (κ1) is 11.5. The summed E-state index contributed by atoms with van der Waals surface area (Å²) in [4.78, 5) is 0. The zero-order valence-electron chi connectivity index (χ0n) is 10.1. The van der Waals surface area contributed by atoms with Crippen LogP contribution in [0.25, 0.3) is 0 Å². The summed E-state index contributed by atoms with van der Waals surface area (Å²) in [6, 6.07) is 0. The normalized spacial score (nSPS) is 17.9. The topological polar surface area (TPSA) is 52.0 Å². The first-order chi connectivity index (χ1) is 7.83. The molecule has 2 rings (SSSR count). The highest BCUT2D eigenvalue weighted by Crippen LogP contribution is 2.25. The number of likely N-dealkylation sites (N-methyl/N-ethyl adjacent to an activating group) is 1. The minimum absolute atomic E-state index is 0.523. The second kappa shape index (κ2) is 5.41. The van der Waals surface area contributed by atoms with Gasteiger partial charge in [0.25, 0.3) is 0 Å². The molecule has 1 N–H and O–H groups in total. The van der Waals surface area contributed by atoms with Crippen molar-refractivity contribution in [3.63, 3.8) is 0 Å². The van der Waals surface area contributed by atoms with Gasteiger partial charge in [-0.3, -0.25) is 0 Å². The predicted molar refractivity (Wildman–Crippen MR) is 61.4 cm³/mol. The number of hydrogen-bond acceptors (Lipinski definition) is 4. The SMILES string of the molecule is CNCCc1nnc(C2CCOCC2)n1C. The van der Waals surface area contributed by atoms with Crippen LogP contribution in [-0.4, -0.2) is 41.6 Å². The van der Waals surface area contributed by atoms with Crippen LogP contribution < -0.4 is 5.32 Å². The molecule has 0 saturated carbocycles. The molecule has 0 radical (unpaired) electrons. The lowest BCUT2D eigenvalue weighted by Gasteiger charge is -2.21. The van der Waals surface area contributed by atoms with E-state index < -0.39 is 0 Å². The number of ether oxygens (including phenoxy) is 1. The summed E-state index contributed by atoms with van der Waals surface area (Å²) in [6.07, 6.45) is 3.07. The summed E-state index contributed by atoms with van der Waals surface area (Å²) < 4.78 is 7.51. The Morgan fingerprint density at radius 3 is 2.81 bits per heavy atom. The monoisotopic (exact) mass is 224 g/mol. The number of nitrogens with zero attached hydrogens (tertiary/aromatic N) is 3.